The van der Waals surface area contributed by atoms with Gasteiger partial charge < -0.3 is 15.2 Å². The molecular weight excluding hydrogens is 392 g/mol. The van der Waals surface area contributed by atoms with E-state index in [1.54, 1.807) is 6.92 Å². The van der Waals surface area contributed by atoms with Gasteiger partial charge in [0.15, 0.2) is 6.29 Å². The Bertz CT molecular complexity index is 650. The Balaban J connectivity index is 0. The Morgan fingerprint density at radius 3 is 2.13 bits per heavy atom. The van der Waals surface area contributed by atoms with Gasteiger partial charge in [-0.2, -0.15) is 0 Å². The minimum atomic E-state index is -0.462. The zero-order valence-electron chi connectivity index (χ0n) is 21.6. The third-order valence-electron chi connectivity index (χ3n) is 4.03. The molecule has 0 aliphatic rings. The Morgan fingerprint density at radius 2 is 1.71 bits per heavy atom. The van der Waals surface area contributed by atoms with Gasteiger partial charge in [-0.05, 0) is 43.2 Å². The first-order valence-electron chi connectivity index (χ1n) is 11.6. The third-order valence-corrected chi connectivity index (χ3v) is 4.03. The highest BCUT2D eigenvalue weighted by Gasteiger charge is 2.28. The fraction of sp³-hybridized carbons (Fsp3) is 0.720. The molecule has 0 saturated heterocycles. The van der Waals surface area contributed by atoms with Crippen LogP contribution in [0.5, 0.6) is 0 Å². The molecule has 0 aliphatic carbocycles. The standard InChI is InChI=1S/C21H34N2O4.2C2H6/c1-7-27-20(25)19-17(13-26-10-8-9-22)23-16(11-21(4,5)6)15(12-24)18(19)14(2)3;2*1-2/h12,14H,7-11,13,22H2,1-6H3;2*1-2H3. The van der Waals surface area contributed by atoms with Gasteiger partial charge in [0.1, 0.15) is 0 Å². The first-order valence-corrected chi connectivity index (χ1v) is 11.6. The number of aldehydes is 1. The number of carbonyl (C=O) groups is 2. The Hall–Kier alpha value is -1.79. The lowest BCUT2D eigenvalue weighted by atomic mass is 9.84. The summed E-state index contributed by atoms with van der Waals surface area (Å²) in [6.07, 6.45) is 2.16. The minimum Gasteiger partial charge on any atom is -0.462 e. The number of hydrogen-bond acceptors (Lipinski definition) is 6. The predicted octanol–water partition coefficient (Wildman–Crippen LogP) is 5.70. The van der Waals surface area contributed by atoms with Gasteiger partial charge in [-0.3, -0.25) is 9.78 Å². The zero-order valence-corrected chi connectivity index (χ0v) is 21.6. The van der Waals surface area contributed by atoms with Crippen LogP contribution in [0.2, 0.25) is 0 Å². The molecule has 0 unspecified atom stereocenters. The highest BCUT2D eigenvalue weighted by atomic mass is 16.5. The van der Waals surface area contributed by atoms with Gasteiger partial charge in [0.05, 0.1) is 30.2 Å². The topological polar surface area (TPSA) is 91.5 Å². The van der Waals surface area contributed by atoms with Crippen LogP contribution in [0.25, 0.3) is 0 Å². The number of ether oxygens (including phenoxy) is 2. The largest absolute Gasteiger partial charge is 0.462 e. The Labute approximate surface area is 190 Å². The second-order valence-electron chi connectivity index (χ2n) is 8.13. The van der Waals surface area contributed by atoms with Gasteiger partial charge in [-0.15, -0.1) is 0 Å². The first kappa shape index (κ1) is 31.4. The molecule has 1 rings (SSSR count). The first-order chi connectivity index (χ1) is 14.7. The normalized spacial score (nSPS) is 10.6. The lowest BCUT2D eigenvalue weighted by molar-refractivity contribution is 0.0514. The van der Waals surface area contributed by atoms with Crippen LogP contribution in [0, 0.1) is 5.41 Å². The zero-order chi connectivity index (χ0) is 24.6. The van der Waals surface area contributed by atoms with Crippen molar-refractivity contribution in [1.29, 1.82) is 0 Å². The number of pyridine rings is 1. The van der Waals surface area contributed by atoms with Crippen molar-refractivity contribution in [2.75, 3.05) is 19.8 Å². The molecule has 0 atom stereocenters. The maximum atomic E-state index is 12.7. The van der Waals surface area contributed by atoms with Crippen LogP contribution in [0.4, 0.5) is 0 Å². The second-order valence-corrected chi connectivity index (χ2v) is 8.13. The molecule has 31 heavy (non-hydrogen) atoms. The van der Waals surface area contributed by atoms with Crippen molar-refractivity contribution in [2.45, 2.75) is 94.6 Å². The van der Waals surface area contributed by atoms with Gasteiger partial charge in [0.2, 0.25) is 0 Å². The van der Waals surface area contributed by atoms with E-state index in [-0.39, 0.29) is 24.5 Å². The Morgan fingerprint density at radius 1 is 1.13 bits per heavy atom. The molecular formula is C25H46N2O4. The highest BCUT2D eigenvalue weighted by molar-refractivity contribution is 5.96. The summed E-state index contributed by atoms with van der Waals surface area (Å²) in [5.41, 5.74) is 8.23. The summed E-state index contributed by atoms with van der Waals surface area (Å²) in [5, 5.41) is 0. The summed E-state index contributed by atoms with van der Waals surface area (Å²) in [4.78, 5) is 29.3. The lowest BCUT2D eigenvalue weighted by Crippen LogP contribution is -2.22. The van der Waals surface area contributed by atoms with Gasteiger partial charge in [0, 0.05) is 12.2 Å². The van der Waals surface area contributed by atoms with Crippen LogP contribution in [0.15, 0.2) is 0 Å². The summed E-state index contributed by atoms with van der Waals surface area (Å²) in [6, 6.07) is 0. The van der Waals surface area contributed by atoms with E-state index in [0.29, 0.717) is 47.7 Å². The van der Waals surface area contributed by atoms with E-state index in [0.717, 1.165) is 12.7 Å². The van der Waals surface area contributed by atoms with Crippen LogP contribution in [-0.4, -0.2) is 37.0 Å². The average molecular weight is 439 g/mol. The number of nitrogens with zero attached hydrogens (tertiary/aromatic N) is 1. The SMILES string of the molecule is CC.CC.CCOC(=O)c1c(COCCCN)nc(CC(C)(C)C)c(C=O)c1C(C)C. The number of rotatable bonds is 10. The maximum absolute atomic E-state index is 12.7. The van der Waals surface area contributed by atoms with E-state index in [9.17, 15) is 9.59 Å². The van der Waals surface area contributed by atoms with E-state index >= 15 is 0 Å². The van der Waals surface area contributed by atoms with Crippen molar-refractivity contribution in [2.24, 2.45) is 11.1 Å². The van der Waals surface area contributed by atoms with Crippen LogP contribution >= 0.6 is 0 Å². The van der Waals surface area contributed by atoms with Gasteiger partial charge in [-0.1, -0.05) is 62.3 Å². The molecule has 1 heterocycles. The van der Waals surface area contributed by atoms with E-state index in [1.807, 2.05) is 41.5 Å². The van der Waals surface area contributed by atoms with Gasteiger partial charge in [-0.25, -0.2) is 4.79 Å². The number of hydrogen-bond donors (Lipinski definition) is 1. The summed E-state index contributed by atoms with van der Waals surface area (Å²) in [7, 11) is 0. The van der Waals surface area contributed by atoms with Crippen molar-refractivity contribution in [3.8, 4) is 0 Å². The molecule has 0 saturated carbocycles. The fourth-order valence-corrected chi connectivity index (χ4v) is 2.98. The molecule has 0 radical (unpaired) electrons. The maximum Gasteiger partial charge on any atom is 0.340 e. The molecule has 0 aliphatic heterocycles. The molecule has 0 bridgehead atoms. The number of aromatic nitrogens is 1. The molecule has 0 fully saturated rings. The summed E-state index contributed by atoms with van der Waals surface area (Å²) in [6.45, 7) is 21.4. The Kier molecular flexibility index (Phi) is 17.1. The van der Waals surface area contributed by atoms with Crippen LogP contribution in [0.3, 0.4) is 0 Å². The molecule has 6 heteroatoms. The lowest BCUT2D eigenvalue weighted by Gasteiger charge is -2.24. The smallest absolute Gasteiger partial charge is 0.340 e. The molecule has 6 nitrogen and oxygen atoms in total. The van der Waals surface area contributed by atoms with E-state index in [1.165, 1.54) is 0 Å². The van der Waals surface area contributed by atoms with Gasteiger partial charge >= 0.3 is 5.97 Å². The molecule has 0 spiro atoms. The molecule has 0 amide bonds. The predicted molar refractivity (Wildman–Crippen MR) is 129 cm³/mol. The molecule has 2 N–H and O–H groups in total. The minimum absolute atomic E-state index is 0.0332. The van der Waals surface area contributed by atoms with E-state index in [4.69, 9.17) is 15.2 Å². The van der Waals surface area contributed by atoms with Crippen molar-refractivity contribution < 1.29 is 19.1 Å². The van der Waals surface area contributed by atoms with Gasteiger partial charge in [0.25, 0.3) is 0 Å². The fourth-order valence-electron chi connectivity index (χ4n) is 2.98. The molecule has 1 aromatic rings. The van der Waals surface area contributed by atoms with Crippen LogP contribution in [0.1, 0.15) is 119 Å². The quantitative estimate of drug-likeness (QED) is 0.286. The highest BCUT2D eigenvalue weighted by Crippen LogP contribution is 2.31. The second kappa shape index (κ2) is 16.8. The van der Waals surface area contributed by atoms with Crippen molar-refractivity contribution in [1.82, 2.24) is 4.98 Å². The molecule has 180 valence electrons. The number of carbonyl (C=O) groups excluding carboxylic acids is 2. The van der Waals surface area contributed by atoms with Crippen molar-refractivity contribution in [3.05, 3.63) is 28.1 Å². The van der Waals surface area contributed by atoms with Crippen LogP contribution in [-0.2, 0) is 22.5 Å². The number of esters is 1. The van der Waals surface area contributed by atoms with E-state index in [2.05, 4.69) is 25.8 Å². The summed E-state index contributed by atoms with van der Waals surface area (Å²) >= 11 is 0. The number of nitrogens with two attached hydrogens (primary N) is 1. The molecule has 1 aromatic heterocycles. The van der Waals surface area contributed by atoms with Crippen LogP contribution < -0.4 is 5.73 Å². The van der Waals surface area contributed by atoms with Crippen molar-refractivity contribution in [3.63, 3.8) is 0 Å². The van der Waals surface area contributed by atoms with E-state index < -0.39 is 5.97 Å². The average Bonchev–Trinajstić information content (AvgIpc) is 2.72. The molecule has 0 aromatic carbocycles. The van der Waals surface area contributed by atoms with Crippen molar-refractivity contribution >= 4 is 12.3 Å². The summed E-state index contributed by atoms with van der Waals surface area (Å²) in [5.74, 6) is -0.495. The summed E-state index contributed by atoms with van der Waals surface area (Å²) < 4.78 is 10.9. The third kappa shape index (κ3) is 10.9. The monoisotopic (exact) mass is 438 g/mol.